The molecule has 0 fully saturated rings. The van der Waals surface area contributed by atoms with E-state index in [9.17, 15) is 4.79 Å². The molecule has 1 aliphatic rings. The summed E-state index contributed by atoms with van der Waals surface area (Å²) in [5, 5.41) is 2.97. The number of benzene rings is 1. The molecule has 0 aliphatic carbocycles. The molecule has 1 amide bonds. The third-order valence-electron chi connectivity index (χ3n) is 2.66. The average molecular weight is 284 g/mol. The maximum absolute atomic E-state index is 11.7. The molecule has 2 atom stereocenters. The lowest BCUT2D eigenvalue weighted by atomic mass is 10.1. The van der Waals surface area contributed by atoms with Crippen molar-refractivity contribution in [3.63, 3.8) is 0 Å². The molecule has 2 unspecified atom stereocenters. The Bertz CT molecular complexity index is 394. The Morgan fingerprint density at radius 3 is 3.12 bits per heavy atom. The minimum Gasteiger partial charge on any atom is -0.491 e. The summed E-state index contributed by atoms with van der Waals surface area (Å²) in [5.41, 5.74) is 1.06. The number of rotatable bonds is 3. The van der Waals surface area contributed by atoms with Crippen LogP contribution in [-0.4, -0.2) is 17.3 Å². The van der Waals surface area contributed by atoms with Crippen molar-refractivity contribution in [1.82, 2.24) is 5.32 Å². The number of ether oxygens (including phenoxy) is 1. The number of carbonyl (C=O) groups is 1. The first-order valence-electron chi connectivity index (χ1n) is 5.38. The van der Waals surface area contributed by atoms with Gasteiger partial charge in [0.2, 0.25) is 5.91 Å². The van der Waals surface area contributed by atoms with Gasteiger partial charge in [-0.2, -0.15) is 0 Å². The van der Waals surface area contributed by atoms with E-state index in [-0.39, 0.29) is 16.8 Å². The highest BCUT2D eigenvalue weighted by Gasteiger charge is 2.26. The number of hydrogen-bond acceptors (Lipinski definition) is 2. The number of halogens is 1. The third kappa shape index (κ3) is 2.21. The van der Waals surface area contributed by atoms with Crippen molar-refractivity contribution in [2.75, 3.05) is 6.61 Å². The summed E-state index contributed by atoms with van der Waals surface area (Å²) >= 11 is 3.34. The van der Waals surface area contributed by atoms with Crippen LogP contribution in [0.2, 0.25) is 0 Å². The first kappa shape index (κ1) is 11.5. The molecular formula is C12H14BrNO2. The van der Waals surface area contributed by atoms with Crippen LogP contribution in [0.15, 0.2) is 24.3 Å². The molecule has 0 bridgehead atoms. The molecule has 3 nitrogen and oxygen atoms in total. The van der Waals surface area contributed by atoms with Gasteiger partial charge in [0.05, 0.1) is 10.9 Å². The van der Waals surface area contributed by atoms with E-state index in [2.05, 4.69) is 21.2 Å². The van der Waals surface area contributed by atoms with Crippen LogP contribution in [0, 0.1) is 0 Å². The number of carbonyl (C=O) groups excluding carboxylic acids is 1. The van der Waals surface area contributed by atoms with Gasteiger partial charge < -0.3 is 10.1 Å². The molecule has 86 valence electrons. The highest BCUT2D eigenvalue weighted by molar-refractivity contribution is 9.10. The lowest BCUT2D eigenvalue weighted by Gasteiger charge is -2.14. The fourth-order valence-corrected chi connectivity index (χ4v) is 1.86. The molecule has 1 N–H and O–H groups in total. The summed E-state index contributed by atoms with van der Waals surface area (Å²) in [5.74, 6) is 0.892. The summed E-state index contributed by atoms with van der Waals surface area (Å²) in [6, 6.07) is 7.78. The van der Waals surface area contributed by atoms with Crippen LogP contribution in [0.5, 0.6) is 5.75 Å². The third-order valence-corrected chi connectivity index (χ3v) is 3.72. The fourth-order valence-electron chi connectivity index (χ4n) is 1.73. The van der Waals surface area contributed by atoms with E-state index in [0.29, 0.717) is 6.61 Å². The van der Waals surface area contributed by atoms with Crippen molar-refractivity contribution in [3.05, 3.63) is 29.8 Å². The van der Waals surface area contributed by atoms with Gasteiger partial charge in [-0.3, -0.25) is 4.79 Å². The lowest BCUT2D eigenvalue weighted by molar-refractivity contribution is -0.121. The van der Waals surface area contributed by atoms with Gasteiger partial charge in [0, 0.05) is 5.56 Å². The largest absolute Gasteiger partial charge is 0.491 e. The summed E-state index contributed by atoms with van der Waals surface area (Å²) in [4.78, 5) is 11.6. The van der Waals surface area contributed by atoms with E-state index in [4.69, 9.17) is 4.74 Å². The second-order valence-electron chi connectivity index (χ2n) is 3.79. The number of para-hydroxylation sites is 1. The molecule has 1 aliphatic heterocycles. The molecular weight excluding hydrogens is 270 g/mol. The summed E-state index contributed by atoms with van der Waals surface area (Å²) in [6.45, 7) is 2.49. The van der Waals surface area contributed by atoms with E-state index in [1.807, 2.05) is 31.2 Å². The lowest BCUT2D eigenvalue weighted by Crippen LogP contribution is -2.34. The van der Waals surface area contributed by atoms with Crippen LogP contribution in [0.3, 0.4) is 0 Å². The topological polar surface area (TPSA) is 38.3 Å². The Morgan fingerprint density at radius 2 is 2.38 bits per heavy atom. The van der Waals surface area contributed by atoms with E-state index < -0.39 is 0 Å². The molecule has 1 aromatic rings. The Morgan fingerprint density at radius 1 is 1.62 bits per heavy atom. The predicted octanol–water partition coefficient (Wildman–Crippen LogP) is 2.41. The van der Waals surface area contributed by atoms with Gasteiger partial charge >= 0.3 is 0 Å². The van der Waals surface area contributed by atoms with Crippen molar-refractivity contribution in [3.8, 4) is 5.75 Å². The Hall–Kier alpha value is -1.03. The number of nitrogens with one attached hydrogen (secondary N) is 1. The molecule has 1 aromatic carbocycles. The van der Waals surface area contributed by atoms with Crippen LogP contribution in [0.25, 0.3) is 0 Å². The number of hydrogen-bond donors (Lipinski definition) is 1. The van der Waals surface area contributed by atoms with Crippen LogP contribution in [-0.2, 0) is 4.79 Å². The smallest absolute Gasteiger partial charge is 0.234 e. The normalized spacial score (nSPS) is 19.8. The van der Waals surface area contributed by atoms with Crippen molar-refractivity contribution >= 4 is 21.8 Å². The molecule has 1 heterocycles. The molecule has 16 heavy (non-hydrogen) atoms. The van der Waals surface area contributed by atoms with Gasteiger partial charge in [-0.05, 0) is 12.5 Å². The first-order valence-corrected chi connectivity index (χ1v) is 6.30. The van der Waals surface area contributed by atoms with Crippen molar-refractivity contribution < 1.29 is 9.53 Å². The first-order chi connectivity index (χ1) is 7.72. The second kappa shape index (κ2) is 4.87. The van der Waals surface area contributed by atoms with E-state index >= 15 is 0 Å². The SMILES string of the molecule is CCC(Br)C(=O)NC1COc2ccccc21. The maximum atomic E-state index is 11.7. The minimum atomic E-state index is -0.125. The van der Waals surface area contributed by atoms with E-state index in [1.54, 1.807) is 0 Å². The minimum absolute atomic E-state index is 0.0182. The van der Waals surface area contributed by atoms with Crippen LogP contribution in [0.4, 0.5) is 0 Å². The number of fused-ring (bicyclic) bond motifs is 1. The monoisotopic (exact) mass is 283 g/mol. The zero-order valence-electron chi connectivity index (χ0n) is 9.07. The maximum Gasteiger partial charge on any atom is 0.234 e. The van der Waals surface area contributed by atoms with Gasteiger partial charge in [-0.1, -0.05) is 41.1 Å². The van der Waals surface area contributed by atoms with Crippen molar-refractivity contribution in [2.45, 2.75) is 24.2 Å². The quantitative estimate of drug-likeness (QED) is 0.866. The van der Waals surface area contributed by atoms with E-state index in [0.717, 1.165) is 17.7 Å². The zero-order valence-corrected chi connectivity index (χ0v) is 10.7. The van der Waals surface area contributed by atoms with Gasteiger partial charge in [0.1, 0.15) is 12.4 Å². The standard InChI is InChI=1S/C12H14BrNO2/c1-2-9(13)12(15)14-10-7-16-11-6-4-3-5-8(10)11/h3-6,9-10H,2,7H2,1H3,(H,14,15). The number of amides is 1. The zero-order chi connectivity index (χ0) is 11.5. The Balaban J connectivity index is 2.06. The second-order valence-corrected chi connectivity index (χ2v) is 4.89. The van der Waals surface area contributed by atoms with E-state index in [1.165, 1.54) is 0 Å². The molecule has 0 radical (unpaired) electrons. The predicted molar refractivity (Wildman–Crippen MR) is 65.8 cm³/mol. The summed E-state index contributed by atoms with van der Waals surface area (Å²) in [7, 11) is 0. The Kier molecular flexibility index (Phi) is 3.49. The van der Waals surface area contributed by atoms with Gasteiger partial charge in [0.15, 0.2) is 0 Å². The Labute approximate surface area is 103 Å². The van der Waals surface area contributed by atoms with Crippen LogP contribution < -0.4 is 10.1 Å². The summed E-state index contributed by atoms with van der Waals surface area (Å²) in [6.07, 6.45) is 0.779. The van der Waals surface area contributed by atoms with Crippen LogP contribution >= 0.6 is 15.9 Å². The molecule has 0 aromatic heterocycles. The molecule has 0 saturated heterocycles. The fraction of sp³-hybridized carbons (Fsp3) is 0.417. The highest BCUT2D eigenvalue weighted by Crippen LogP contribution is 2.31. The molecule has 0 spiro atoms. The van der Waals surface area contributed by atoms with Crippen molar-refractivity contribution in [1.29, 1.82) is 0 Å². The molecule has 0 saturated carbocycles. The van der Waals surface area contributed by atoms with Crippen molar-refractivity contribution in [2.24, 2.45) is 0 Å². The van der Waals surface area contributed by atoms with Crippen LogP contribution in [0.1, 0.15) is 24.9 Å². The average Bonchev–Trinajstić information content (AvgIpc) is 2.72. The van der Waals surface area contributed by atoms with Gasteiger partial charge in [-0.15, -0.1) is 0 Å². The van der Waals surface area contributed by atoms with Gasteiger partial charge in [-0.25, -0.2) is 0 Å². The number of alkyl halides is 1. The molecule has 2 rings (SSSR count). The highest BCUT2D eigenvalue weighted by atomic mass is 79.9. The molecule has 4 heteroatoms. The summed E-state index contributed by atoms with van der Waals surface area (Å²) < 4.78 is 5.50. The van der Waals surface area contributed by atoms with Gasteiger partial charge in [0.25, 0.3) is 0 Å².